The van der Waals surface area contributed by atoms with Crippen LogP contribution >= 0.6 is 0 Å². The molecule has 2 aliphatic rings. The molecule has 2 rings (SSSR count). The number of hydrogen-bond acceptors (Lipinski definition) is 2. The number of ether oxygens (including phenoxy) is 1. The minimum absolute atomic E-state index is 0.491. The molecule has 0 aromatic heterocycles. The maximum atomic E-state index is 5.57. The third-order valence-corrected chi connectivity index (χ3v) is 5.43. The zero-order chi connectivity index (χ0) is 13.8. The Kier molecular flexibility index (Phi) is 5.70. The SMILES string of the molecule is COC1CCCC(NC2CC(C)CCC2C(C)C)C1. The van der Waals surface area contributed by atoms with Gasteiger partial charge in [-0.2, -0.15) is 0 Å². The first-order chi connectivity index (χ1) is 9.10. The van der Waals surface area contributed by atoms with Gasteiger partial charge in [0.1, 0.15) is 0 Å². The number of nitrogens with one attached hydrogen (secondary N) is 1. The van der Waals surface area contributed by atoms with Crippen LogP contribution in [0.25, 0.3) is 0 Å². The Labute approximate surface area is 119 Å². The molecule has 2 heteroatoms. The van der Waals surface area contributed by atoms with Gasteiger partial charge in [0.2, 0.25) is 0 Å². The summed E-state index contributed by atoms with van der Waals surface area (Å²) in [6, 6.07) is 1.43. The van der Waals surface area contributed by atoms with Gasteiger partial charge in [-0.3, -0.25) is 0 Å². The lowest BCUT2D eigenvalue weighted by Gasteiger charge is -2.41. The first-order valence-electron chi connectivity index (χ1n) is 8.39. The molecule has 2 fully saturated rings. The molecule has 5 unspecified atom stereocenters. The van der Waals surface area contributed by atoms with Crippen molar-refractivity contribution in [3.8, 4) is 0 Å². The van der Waals surface area contributed by atoms with Crippen molar-refractivity contribution in [3.05, 3.63) is 0 Å². The molecule has 2 aliphatic carbocycles. The van der Waals surface area contributed by atoms with E-state index in [-0.39, 0.29) is 0 Å². The van der Waals surface area contributed by atoms with Crippen molar-refractivity contribution < 1.29 is 4.74 Å². The highest BCUT2D eigenvalue weighted by molar-refractivity contribution is 4.89. The van der Waals surface area contributed by atoms with Crippen LogP contribution in [-0.2, 0) is 4.74 Å². The largest absolute Gasteiger partial charge is 0.381 e. The van der Waals surface area contributed by atoms with E-state index in [1.54, 1.807) is 0 Å². The summed E-state index contributed by atoms with van der Waals surface area (Å²) < 4.78 is 5.57. The van der Waals surface area contributed by atoms with Crippen LogP contribution in [0.15, 0.2) is 0 Å². The standard InChI is InChI=1S/C17H33NO/c1-12(2)16-9-8-13(3)10-17(16)18-14-6-5-7-15(11-14)19-4/h12-18H,5-11H2,1-4H3. The van der Waals surface area contributed by atoms with Gasteiger partial charge in [-0.05, 0) is 56.3 Å². The summed E-state index contributed by atoms with van der Waals surface area (Å²) >= 11 is 0. The van der Waals surface area contributed by atoms with Crippen molar-refractivity contribution in [2.45, 2.75) is 83.9 Å². The van der Waals surface area contributed by atoms with Crippen molar-refractivity contribution in [1.82, 2.24) is 5.32 Å². The Balaban J connectivity index is 1.90. The lowest BCUT2D eigenvalue weighted by Crippen LogP contribution is -2.49. The number of methoxy groups -OCH3 is 1. The Hall–Kier alpha value is -0.0800. The van der Waals surface area contributed by atoms with Crippen LogP contribution in [0.4, 0.5) is 0 Å². The smallest absolute Gasteiger partial charge is 0.0586 e. The Morgan fingerprint density at radius 1 is 1.05 bits per heavy atom. The summed E-state index contributed by atoms with van der Waals surface area (Å²) in [5.41, 5.74) is 0. The van der Waals surface area contributed by atoms with Crippen molar-refractivity contribution in [3.63, 3.8) is 0 Å². The van der Waals surface area contributed by atoms with Crippen LogP contribution in [0.1, 0.15) is 65.7 Å². The van der Waals surface area contributed by atoms with Gasteiger partial charge in [0.15, 0.2) is 0 Å². The van der Waals surface area contributed by atoms with Gasteiger partial charge in [0.25, 0.3) is 0 Å². The van der Waals surface area contributed by atoms with Crippen LogP contribution in [0.3, 0.4) is 0 Å². The minimum atomic E-state index is 0.491. The summed E-state index contributed by atoms with van der Waals surface area (Å²) in [6.45, 7) is 7.21. The van der Waals surface area contributed by atoms with Crippen LogP contribution < -0.4 is 5.32 Å². The van der Waals surface area contributed by atoms with E-state index in [1.165, 1.54) is 44.9 Å². The molecule has 19 heavy (non-hydrogen) atoms. The molecule has 0 aliphatic heterocycles. The molecule has 1 N–H and O–H groups in total. The Bertz CT molecular complexity index is 266. The third kappa shape index (κ3) is 4.19. The van der Waals surface area contributed by atoms with Gasteiger partial charge < -0.3 is 10.1 Å². The number of hydrogen-bond donors (Lipinski definition) is 1. The normalized spacial score (nSPS) is 40.6. The van der Waals surface area contributed by atoms with Crippen molar-refractivity contribution in [1.29, 1.82) is 0 Å². The fourth-order valence-corrected chi connectivity index (χ4v) is 4.21. The van der Waals surface area contributed by atoms with E-state index in [0.717, 1.165) is 23.8 Å². The topological polar surface area (TPSA) is 21.3 Å². The monoisotopic (exact) mass is 267 g/mol. The highest BCUT2D eigenvalue weighted by Crippen LogP contribution is 2.34. The predicted molar refractivity (Wildman–Crippen MR) is 81.3 cm³/mol. The fraction of sp³-hybridized carbons (Fsp3) is 1.00. The second kappa shape index (κ2) is 7.08. The van der Waals surface area contributed by atoms with Gasteiger partial charge in [-0.25, -0.2) is 0 Å². The van der Waals surface area contributed by atoms with Crippen molar-refractivity contribution in [2.75, 3.05) is 7.11 Å². The maximum absolute atomic E-state index is 5.57. The van der Waals surface area contributed by atoms with E-state index in [1.807, 2.05) is 7.11 Å². The van der Waals surface area contributed by atoms with Gasteiger partial charge in [-0.15, -0.1) is 0 Å². The van der Waals surface area contributed by atoms with Crippen molar-refractivity contribution >= 4 is 0 Å². The number of rotatable bonds is 4. The molecule has 0 aromatic carbocycles. The molecule has 2 nitrogen and oxygen atoms in total. The van der Waals surface area contributed by atoms with Gasteiger partial charge in [0.05, 0.1) is 6.10 Å². The third-order valence-electron chi connectivity index (χ3n) is 5.43. The van der Waals surface area contributed by atoms with Gasteiger partial charge in [0, 0.05) is 19.2 Å². The van der Waals surface area contributed by atoms with E-state index in [2.05, 4.69) is 26.1 Å². The summed E-state index contributed by atoms with van der Waals surface area (Å²) in [7, 11) is 1.87. The maximum Gasteiger partial charge on any atom is 0.0586 e. The van der Waals surface area contributed by atoms with E-state index < -0.39 is 0 Å². The van der Waals surface area contributed by atoms with E-state index in [0.29, 0.717) is 12.1 Å². The summed E-state index contributed by atoms with van der Waals surface area (Å²) in [5, 5.41) is 4.00. The van der Waals surface area contributed by atoms with Crippen LogP contribution in [0.5, 0.6) is 0 Å². The predicted octanol–water partition coefficient (Wildman–Crippen LogP) is 3.99. The van der Waals surface area contributed by atoms with E-state index in [4.69, 9.17) is 4.74 Å². The highest BCUT2D eigenvalue weighted by atomic mass is 16.5. The lowest BCUT2D eigenvalue weighted by molar-refractivity contribution is 0.0502. The summed E-state index contributed by atoms with van der Waals surface area (Å²) in [6.07, 6.45) is 9.83. The van der Waals surface area contributed by atoms with Gasteiger partial charge >= 0.3 is 0 Å². The van der Waals surface area contributed by atoms with Crippen molar-refractivity contribution in [2.24, 2.45) is 17.8 Å². The van der Waals surface area contributed by atoms with Crippen LogP contribution in [0, 0.1) is 17.8 Å². The van der Waals surface area contributed by atoms with E-state index >= 15 is 0 Å². The van der Waals surface area contributed by atoms with Crippen LogP contribution in [-0.4, -0.2) is 25.3 Å². The molecule has 2 saturated carbocycles. The first kappa shape index (κ1) is 15.3. The van der Waals surface area contributed by atoms with E-state index in [9.17, 15) is 0 Å². The second-order valence-corrected chi connectivity index (χ2v) is 7.32. The Morgan fingerprint density at radius 3 is 2.53 bits per heavy atom. The molecule has 5 atom stereocenters. The molecule has 0 aromatic rings. The molecule has 0 radical (unpaired) electrons. The summed E-state index contributed by atoms with van der Waals surface area (Å²) in [5.74, 6) is 2.58. The molecule has 112 valence electrons. The molecular formula is C17H33NO. The fourth-order valence-electron chi connectivity index (χ4n) is 4.21. The molecule has 0 saturated heterocycles. The second-order valence-electron chi connectivity index (χ2n) is 7.32. The van der Waals surface area contributed by atoms with Crippen LogP contribution in [0.2, 0.25) is 0 Å². The first-order valence-corrected chi connectivity index (χ1v) is 8.39. The highest BCUT2D eigenvalue weighted by Gasteiger charge is 2.33. The molecule has 0 amide bonds. The quantitative estimate of drug-likeness (QED) is 0.831. The lowest BCUT2D eigenvalue weighted by atomic mass is 9.73. The zero-order valence-corrected chi connectivity index (χ0v) is 13.3. The molecule has 0 heterocycles. The Morgan fingerprint density at radius 2 is 1.84 bits per heavy atom. The zero-order valence-electron chi connectivity index (χ0n) is 13.3. The molecular weight excluding hydrogens is 234 g/mol. The average Bonchev–Trinajstić information content (AvgIpc) is 2.38. The molecule has 0 bridgehead atoms. The average molecular weight is 267 g/mol. The minimum Gasteiger partial charge on any atom is -0.381 e. The summed E-state index contributed by atoms with van der Waals surface area (Å²) in [4.78, 5) is 0. The van der Waals surface area contributed by atoms with Gasteiger partial charge in [-0.1, -0.05) is 27.2 Å². The molecule has 0 spiro atoms.